The van der Waals surface area contributed by atoms with Gasteiger partial charge in [-0.05, 0) is 19.4 Å². The molecule has 0 radical (unpaired) electrons. The van der Waals surface area contributed by atoms with Crippen LogP contribution in [0.1, 0.15) is 26.7 Å². The number of nitrogens with one attached hydrogen (secondary N) is 1. The first-order valence-electron chi connectivity index (χ1n) is 8.21. The Kier molecular flexibility index (Phi) is 5.50. The largest absolute Gasteiger partial charge is 0.480 e. The zero-order valence-electron chi connectivity index (χ0n) is 15.2. The number of rotatable bonds is 8. The maximum atomic E-state index is 12.8. The van der Waals surface area contributed by atoms with Gasteiger partial charge in [0.25, 0.3) is 5.69 Å². The Morgan fingerprint density at radius 3 is 2.57 bits per heavy atom. The second-order valence-corrected chi connectivity index (χ2v) is 8.27. The van der Waals surface area contributed by atoms with E-state index in [0.29, 0.717) is 0 Å². The Bertz CT molecular complexity index is 985. The van der Waals surface area contributed by atoms with E-state index in [-0.39, 0.29) is 19.4 Å². The summed E-state index contributed by atoms with van der Waals surface area (Å²) in [6.07, 6.45) is 5.05. The summed E-state index contributed by atoms with van der Waals surface area (Å²) >= 11 is 0. The number of carboxylic acids is 1. The number of carboxylic acid groups (broad SMARTS) is 1. The number of terminal acetylenes is 1. The molecule has 0 spiro atoms. The fourth-order valence-corrected chi connectivity index (χ4v) is 4.52. The summed E-state index contributed by atoms with van der Waals surface area (Å²) in [6.45, 7) is 2.66. The number of sulfonamides is 1. The summed E-state index contributed by atoms with van der Waals surface area (Å²) in [4.78, 5) is 35.1. The molecule has 1 amide bonds. The maximum absolute atomic E-state index is 12.8. The molecular weight excluding hydrogens is 390 g/mol. The molecule has 2 N–H and O–H groups in total. The topological polar surface area (TPSA) is 147 Å². The smallest absolute Gasteiger partial charge is 0.329 e. The summed E-state index contributed by atoms with van der Waals surface area (Å²) in [5.41, 5.74) is -3.94. The van der Waals surface area contributed by atoms with Crippen molar-refractivity contribution < 1.29 is 28.0 Å². The number of carbonyl (C=O) groups is 2. The van der Waals surface area contributed by atoms with E-state index in [1.807, 2.05) is 0 Å². The minimum absolute atomic E-state index is 0.0944. The maximum Gasteiger partial charge on any atom is 0.329 e. The Morgan fingerprint density at radius 2 is 2.11 bits per heavy atom. The van der Waals surface area contributed by atoms with E-state index in [1.54, 1.807) is 6.92 Å². The third-order valence-corrected chi connectivity index (χ3v) is 6.50. The molecule has 2 rings (SSSR count). The van der Waals surface area contributed by atoms with E-state index in [4.69, 9.17) is 6.42 Å². The van der Waals surface area contributed by atoms with E-state index >= 15 is 0 Å². The molecule has 0 bridgehead atoms. The molecule has 150 valence electrons. The van der Waals surface area contributed by atoms with Crippen LogP contribution in [-0.2, 0) is 19.6 Å². The quantitative estimate of drug-likeness (QED) is 0.278. The van der Waals surface area contributed by atoms with Crippen LogP contribution in [0.4, 0.5) is 5.69 Å². The first kappa shape index (κ1) is 21.3. The van der Waals surface area contributed by atoms with Gasteiger partial charge in [-0.3, -0.25) is 14.9 Å². The van der Waals surface area contributed by atoms with Gasteiger partial charge in [-0.1, -0.05) is 19.1 Å². The SMILES string of the molecule is C#CCC1(NS(=O)(=O)c2ccccc2[N+](=O)[O-])CN([C@@](C)(CC)C(=O)O)C1=O. The summed E-state index contributed by atoms with van der Waals surface area (Å²) in [5, 5.41) is 20.6. The predicted octanol–water partition coefficient (Wildman–Crippen LogP) is 0.731. The molecule has 0 saturated carbocycles. The van der Waals surface area contributed by atoms with E-state index in [0.717, 1.165) is 17.0 Å². The van der Waals surface area contributed by atoms with Crippen molar-refractivity contribution in [1.29, 1.82) is 0 Å². The molecule has 1 fully saturated rings. The second kappa shape index (κ2) is 7.21. The van der Waals surface area contributed by atoms with Gasteiger partial charge in [0.1, 0.15) is 11.1 Å². The molecule has 28 heavy (non-hydrogen) atoms. The predicted molar refractivity (Wildman–Crippen MR) is 97.6 cm³/mol. The van der Waals surface area contributed by atoms with Gasteiger partial charge in [0.2, 0.25) is 15.9 Å². The van der Waals surface area contributed by atoms with Crippen LogP contribution in [0, 0.1) is 22.5 Å². The number of likely N-dealkylation sites (tertiary alicyclic amines) is 1. The monoisotopic (exact) mass is 409 g/mol. The number of hydrogen-bond acceptors (Lipinski definition) is 6. The molecule has 2 atom stereocenters. The Balaban J connectivity index is 2.43. The number of nitro groups is 1. The first-order chi connectivity index (χ1) is 12.9. The third kappa shape index (κ3) is 3.32. The van der Waals surface area contributed by atoms with Crippen LogP contribution >= 0.6 is 0 Å². The number of nitrogens with zero attached hydrogens (tertiary/aromatic N) is 2. The van der Waals surface area contributed by atoms with Crippen molar-refractivity contribution in [3.63, 3.8) is 0 Å². The lowest BCUT2D eigenvalue weighted by molar-refractivity contribution is -0.387. The van der Waals surface area contributed by atoms with Crippen LogP contribution in [-0.4, -0.2) is 52.8 Å². The van der Waals surface area contributed by atoms with Crippen molar-refractivity contribution in [2.45, 2.75) is 42.7 Å². The Labute approximate surface area is 161 Å². The lowest BCUT2D eigenvalue weighted by Crippen LogP contribution is -2.79. The minimum atomic E-state index is -4.49. The highest BCUT2D eigenvalue weighted by atomic mass is 32.2. The highest BCUT2D eigenvalue weighted by Crippen LogP contribution is 2.36. The van der Waals surface area contributed by atoms with Gasteiger partial charge < -0.3 is 10.0 Å². The average Bonchev–Trinajstić information content (AvgIpc) is 2.64. The molecular formula is C17H19N3O7S. The third-order valence-electron chi connectivity index (χ3n) is 4.91. The number of hydrogen-bond donors (Lipinski definition) is 2. The van der Waals surface area contributed by atoms with E-state index in [9.17, 15) is 33.2 Å². The lowest BCUT2D eigenvalue weighted by Gasteiger charge is -2.53. The number of carbonyl (C=O) groups excluding carboxylic acids is 1. The fourth-order valence-electron chi connectivity index (χ4n) is 3.00. The molecule has 0 aromatic heterocycles. The van der Waals surface area contributed by atoms with Gasteiger partial charge in [0.15, 0.2) is 4.90 Å². The van der Waals surface area contributed by atoms with E-state index in [2.05, 4.69) is 10.6 Å². The van der Waals surface area contributed by atoms with Gasteiger partial charge >= 0.3 is 5.97 Å². The van der Waals surface area contributed by atoms with Gasteiger partial charge in [0, 0.05) is 12.5 Å². The Hall–Kier alpha value is -2.97. The zero-order chi connectivity index (χ0) is 21.3. The van der Waals surface area contributed by atoms with Crippen LogP contribution in [0.2, 0.25) is 0 Å². The van der Waals surface area contributed by atoms with Gasteiger partial charge in [-0.25, -0.2) is 13.2 Å². The van der Waals surface area contributed by atoms with Gasteiger partial charge in [-0.2, -0.15) is 4.72 Å². The normalized spacial score (nSPS) is 21.3. The lowest BCUT2D eigenvalue weighted by atomic mass is 9.80. The molecule has 0 aliphatic carbocycles. The molecule has 1 saturated heterocycles. The van der Waals surface area contributed by atoms with Crippen molar-refractivity contribution in [1.82, 2.24) is 9.62 Å². The van der Waals surface area contributed by atoms with Crippen LogP contribution < -0.4 is 4.72 Å². The van der Waals surface area contributed by atoms with Crippen molar-refractivity contribution in [2.24, 2.45) is 0 Å². The highest BCUT2D eigenvalue weighted by Gasteiger charge is 2.60. The van der Waals surface area contributed by atoms with Crippen molar-refractivity contribution in [3.8, 4) is 12.3 Å². The number of β-lactam (4-membered cyclic amide) rings is 1. The van der Waals surface area contributed by atoms with Crippen LogP contribution in [0.5, 0.6) is 0 Å². The Morgan fingerprint density at radius 1 is 1.50 bits per heavy atom. The highest BCUT2D eigenvalue weighted by molar-refractivity contribution is 7.89. The average molecular weight is 409 g/mol. The number of benzene rings is 1. The molecule has 1 heterocycles. The van der Waals surface area contributed by atoms with Gasteiger partial charge in [0.05, 0.1) is 11.5 Å². The fraction of sp³-hybridized carbons (Fsp3) is 0.412. The van der Waals surface area contributed by atoms with Crippen LogP contribution in [0.15, 0.2) is 29.2 Å². The summed E-state index contributed by atoms with van der Waals surface area (Å²) in [6, 6.07) is 4.68. The number of amides is 1. The number of nitro benzene ring substituents is 1. The summed E-state index contributed by atoms with van der Waals surface area (Å²) in [5.74, 6) is 0.187. The van der Waals surface area contributed by atoms with Gasteiger partial charge in [-0.15, -0.1) is 12.3 Å². The van der Waals surface area contributed by atoms with E-state index < -0.39 is 48.5 Å². The van der Waals surface area contributed by atoms with Crippen LogP contribution in [0.3, 0.4) is 0 Å². The zero-order valence-corrected chi connectivity index (χ0v) is 16.0. The minimum Gasteiger partial charge on any atom is -0.480 e. The number of para-hydroxylation sites is 1. The van der Waals surface area contributed by atoms with Crippen LogP contribution in [0.25, 0.3) is 0 Å². The second-order valence-electron chi connectivity index (χ2n) is 6.62. The molecule has 1 aliphatic rings. The molecule has 1 aliphatic heterocycles. The van der Waals surface area contributed by atoms with Crippen molar-refractivity contribution >= 4 is 27.6 Å². The first-order valence-corrected chi connectivity index (χ1v) is 9.70. The molecule has 1 aromatic carbocycles. The number of aliphatic carboxylic acids is 1. The molecule has 1 aromatic rings. The molecule has 1 unspecified atom stereocenters. The molecule has 11 heteroatoms. The summed E-state index contributed by atoms with van der Waals surface area (Å²) < 4.78 is 27.7. The summed E-state index contributed by atoms with van der Waals surface area (Å²) in [7, 11) is -4.49. The van der Waals surface area contributed by atoms with Crippen molar-refractivity contribution in [2.75, 3.05) is 6.54 Å². The molecule has 10 nitrogen and oxygen atoms in total. The standard InChI is InChI=1S/C17H19N3O7S/c1-4-10-17(11-19(14(17)21)16(3,5-2)15(22)23)18-28(26,27)13-9-7-6-8-12(13)20(24)25/h1,6-9,18H,5,10-11H2,2-3H3,(H,22,23)/t16-,17?/m0/s1. The van der Waals surface area contributed by atoms with Crippen molar-refractivity contribution in [3.05, 3.63) is 34.4 Å². The van der Waals surface area contributed by atoms with E-state index in [1.165, 1.54) is 19.1 Å².